The summed E-state index contributed by atoms with van der Waals surface area (Å²) >= 11 is 0. The van der Waals surface area contributed by atoms with Gasteiger partial charge in [0.25, 0.3) is 0 Å². The number of ether oxygens (including phenoxy) is 2. The molecule has 132 valence electrons. The molecule has 0 aliphatic carbocycles. The van der Waals surface area contributed by atoms with Gasteiger partial charge in [-0.3, -0.25) is 0 Å². The molecule has 24 heavy (non-hydrogen) atoms. The Morgan fingerprint density at radius 1 is 1.29 bits per heavy atom. The summed E-state index contributed by atoms with van der Waals surface area (Å²) in [6, 6.07) is 3.41. The predicted molar refractivity (Wildman–Crippen MR) is 84.2 cm³/mol. The Morgan fingerprint density at radius 3 is 2.50 bits per heavy atom. The van der Waals surface area contributed by atoms with Crippen molar-refractivity contribution in [3.05, 3.63) is 23.8 Å². The standard InChI is InChI=1S/C14H17NO7S2/c1-21-12-4-3-9(14(16)22-2)5-13(12)24(19,20)15-7-11-6-10(15)8-23(11,17)18/h3-5,10-11H,6-8H2,1-2H3. The molecule has 0 amide bonds. The first kappa shape index (κ1) is 17.2. The van der Waals surface area contributed by atoms with E-state index in [9.17, 15) is 21.6 Å². The lowest BCUT2D eigenvalue weighted by molar-refractivity contribution is 0.0600. The van der Waals surface area contributed by atoms with E-state index < -0.39 is 37.1 Å². The lowest BCUT2D eigenvalue weighted by atomic mass is 10.2. The number of sulfonamides is 1. The van der Waals surface area contributed by atoms with Gasteiger partial charge in [0.15, 0.2) is 9.84 Å². The number of rotatable bonds is 4. The molecule has 0 spiro atoms. The predicted octanol–water partition coefficient (Wildman–Crippen LogP) is 0.0418. The van der Waals surface area contributed by atoms with Crippen LogP contribution in [0.1, 0.15) is 16.8 Å². The van der Waals surface area contributed by atoms with Crippen molar-refractivity contribution < 1.29 is 31.1 Å². The number of hydrogen-bond donors (Lipinski definition) is 0. The highest BCUT2D eigenvalue weighted by Crippen LogP contribution is 2.38. The van der Waals surface area contributed by atoms with Gasteiger partial charge in [0.05, 0.1) is 30.8 Å². The third-order valence-electron chi connectivity index (χ3n) is 4.43. The summed E-state index contributed by atoms with van der Waals surface area (Å²) in [6.45, 7) is -0.0685. The number of fused-ring (bicyclic) bond motifs is 2. The van der Waals surface area contributed by atoms with Crippen LogP contribution in [-0.4, -0.2) is 64.9 Å². The highest BCUT2D eigenvalue weighted by atomic mass is 32.2. The van der Waals surface area contributed by atoms with Gasteiger partial charge in [-0.2, -0.15) is 4.31 Å². The van der Waals surface area contributed by atoms with Gasteiger partial charge in [-0.05, 0) is 24.6 Å². The lowest BCUT2D eigenvalue weighted by Gasteiger charge is -2.26. The fraction of sp³-hybridized carbons (Fsp3) is 0.500. The number of benzene rings is 1. The van der Waals surface area contributed by atoms with E-state index in [4.69, 9.17) is 4.74 Å². The molecule has 2 aliphatic heterocycles. The quantitative estimate of drug-likeness (QED) is 0.684. The summed E-state index contributed by atoms with van der Waals surface area (Å²) in [7, 11) is -4.68. The van der Waals surface area contributed by atoms with Crippen molar-refractivity contribution in [3.8, 4) is 5.75 Å². The molecule has 8 nitrogen and oxygen atoms in total. The molecule has 2 aliphatic rings. The van der Waals surface area contributed by atoms with Gasteiger partial charge in [0, 0.05) is 12.6 Å². The lowest BCUT2D eigenvalue weighted by Crippen LogP contribution is -2.44. The molecule has 2 unspecified atom stereocenters. The fourth-order valence-corrected chi connectivity index (χ4v) is 7.28. The second-order valence-electron chi connectivity index (χ2n) is 5.77. The smallest absolute Gasteiger partial charge is 0.337 e. The number of carbonyl (C=O) groups excluding carboxylic acids is 1. The molecular formula is C14H17NO7S2. The molecule has 0 aromatic heterocycles. The highest BCUT2D eigenvalue weighted by Gasteiger charge is 2.53. The topological polar surface area (TPSA) is 107 Å². The molecule has 2 fully saturated rings. The van der Waals surface area contributed by atoms with Gasteiger partial charge < -0.3 is 9.47 Å². The zero-order valence-corrected chi connectivity index (χ0v) is 14.8. The van der Waals surface area contributed by atoms with Gasteiger partial charge in [0.1, 0.15) is 10.6 Å². The molecule has 0 saturated carbocycles. The maximum absolute atomic E-state index is 13.0. The van der Waals surface area contributed by atoms with Crippen LogP contribution >= 0.6 is 0 Å². The van der Waals surface area contributed by atoms with Gasteiger partial charge in [-0.1, -0.05) is 0 Å². The Bertz CT molecular complexity index is 892. The maximum Gasteiger partial charge on any atom is 0.337 e. The largest absolute Gasteiger partial charge is 0.495 e. The van der Waals surface area contributed by atoms with Crippen LogP contribution in [0.4, 0.5) is 0 Å². The van der Waals surface area contributed by atoms with E-state index in [1.807, 2.05) is 0 Å². The van der Waals surface area contributed by atoms with Crippen LogP contribution in [0.3, 0.4) is 0 Å². The monoisotopic (exact) mass is 375 g/mol. The molecular weight excluding hydrogens is 358 g/mol. The van der Waals surface area contributed by atoms with Crippen LogP contribution in [0.15, 0.2) is 23.1 Å². The van der Waals surface area contributed by atoms with Crippen molar-refractivity contribution >= 4 is 25.8 Å². The highest BCUT2D eigenvalue weighted by molar-refractivity contribution is 7.93. The Kier molecular flexibility index (Phi) is 4.09. The van der Waals surface area contributed by atoms with Crippen LogP contribution in [0.5, 0.6) is 5.75 Å². The Hall–Kier alpha value is -1.65. The molecule has 2 heterocycles. The maximum atomic E-state index is 13.0. The Labute approximate surface area is 140 Å². The van der Waals surface area contributed by atoms with Gasteiger partial charge >= 0.3 is 5.97 Å². The van der Waals surface area contributed by atoms with Crippen molar-refractivity contribution in [3.63, 3.8) is 0 Å². The van der Waals surface area contributed by atoms with E-state index >= 15 is 0 Å². The third-order valence-corrected chi connectivity index (χ3v) is 8.58. The van der Waals surface area contributed by atoms with E-state index in [0.29, 0.717) is 6.42 Å². The molecule has 2 saturated heterocycles. The first-order valence-corrected chi connectivity index (χ1v) is 10.4. The molecule has 1 aromatic carbocycles. The van der Waals surface area contributed by atoms with E-state index in [-0.39, 0.29) is 28.5 Å². The third kappa shape index (κ3) is 2.58. The Balaban J connectivity index is 2.03. The average Bonchev–Trinajstić information content (AvgIpc) is 3.09. The molecule has 10 heteroatoms. The van der Waals surface area contributed by atoms with Gasteiger partial charge in [-0.15, -0.1) is 0 Å². The van der Waals surface area contributed by atoms with Crippen molar-refractivity contribution in [2.45, 2.75) is 22.6 Å². The normalized spacial score (nSPS) is 25.6. The minimum absolute atomic E-state index is 0.0685. The SMILES string of the molecule is COC(=O)c1ccc(OC)c(S(=O)(=O)N2CC3CC2CS3(=O)=O)c1. The van der Waals surface area contributed by atoms with Gasteiger partial charge in [0.2, 0.25) is 10.0 Å². The fourth-order valence-electron chi connectivity index (χ4n) is 3.20. The van der Waals surface area contributed by atoms with E-state index in [1.54, 1.807) is 0 Å². The summed E-state index contributed by atoms with van der Waals surface area (Å²) in [5.74, 6) is -0.747. The number of hydrogen-bond acceptors (Lipinski definition) is 7. The number of sulfone groups is 1. The van der Waals surface area contributed by atoms with Crippen LogP contribution < -0.4 is 4.74 Å². The zero-order chi connectivity index (χ0) is 17.7. The molecule has 3 rings (SSSR count). The minimum atomic E-state index is -3.99. The van der Waals surface area contributed by atoms with Crippen LogP contribution in [0.2, 0.25) is 0 Å². The van der Waals surface area contributed by atoms with Crippen molar-refractivity contribution in [1.82, 2.24) is 4.31 Å². The number of nitrogens with zero attached hydrogens (tertiary/aromatic N) is 1. The Morgan fingerprint density at radius 2 is 2.00 bits per heavy atom. The average molecular weight is 375 g/mol. The van der Waals surface area contributed by atoms with Crippen LogP contribution in [0, 0.1) is 0 Å². The van der Waals surface area contributed by atoms with E-state index in [1.165, 1.54) is 36.7 Å². The summed E-state index contributed by atoms with van der Waals surface area (Å²) in [4.78, 5) is 11.5. The summed E-state index contributed by atoms with van der Waals surface area (Å²) < 4.78 is 60.5. The zero-order valence-electron chi connectivity index (χ0n) is 13.1. The first-order chi connectivity index (χ1) is 11.2. The van der Waals surface area contributed by atoms with Crippen LogP contribution in [-0.2, 0) is 24.6 Å². The summed E-state index contributed by atoms with van der Waals surface area (Å²) in [6.07, 6.45) is 0.306. The van der Waals surface area contributed by atoms with Crippen LogP contribution in [0.25, 0.3) is 0 Å². The summed E-state index contributed by atoms with van der Waals surface area (Å²) in [5, 5.41) is -0.660. The molecule has 2 atom stereocenters. The minimum Gasteiger partial charge on any atom is -0.495 e. The molecule has 0 radical (unpaired) electrons. The summed E-state index contributed by atoms with van der Waals surface area (Å²) in [5.41, 5.74) is 0.0776. The number of carbonyl (C=O) groups is 1. The molecule has 1 aromatic rings. The van der Waals surface area contributed by atoms with Crippen molar-refractivity contribution in [2.75, 3.05) is 26.5 Å². The second kappa shape index (κ2) is 5.71. The number of esters is 1. The second-order valence-corrected chi connectivity index (χ2v) is 9.96. The number of methoxy groups -OCH3 is 2. The first-order valence-electron chi connectivity index (χ1n) is 7.20. The van der Waals surface area contributed by atoms with E-state index in [0.717, 1.165) is 0 Å². The van der Waals surface area contributed by atoms with Crippen molar-refractivity contribution in [2.24, 2.45) is 0 Å². The van der Waals surface area contributed by atoms with E-state index in [2.05, 4.69) is 4.74 Å². The van der Waals surface area contributed by atoms with Gasteiger partial charge in [-0.25, -0.2) is 21.6 Å². The molecule has 0 N–H and O–H groups in total. The van der Waals surface area contributed by atoms with Crippen molar-refractivity contribution in [1.29, 1.82) is 0 Å². The molecule has 2 bridgehead atoms.